The van der Waals surface area contributed by atoms with E-state index in [1.54, 1.807) is 14.1 Å². The number of carbonyl (C=O) groups is 2. The Morgan fingerprint density at radius 2 is 1.77 bits per heavy atom. The predicted molar refractivity (Wildman–Crippen MR) is 157 cm³/mol. The van der Waals surface area contributed by atoms with Gasteiger partial charge in [0.05, 0.1) is 45.4 Å². The lowest BCUT2D eigenvalue weighted by molar-refractivity contribution is -0.138. The molecule has 0 radical (unpaired) electrons. The fourth-order valence-corrected chi connectivity index (χ4v) is 7.70. The summed E-state index contributed by atoms with van der Waals surface area (Å²) in [5.74, 6) is -0.821. The van der Waals surface area contributed by atoms with Crippen LogP contribution in [0, 0.1) is 0 Å². The number of amides is 2. The van der Waals surface area contributed by atoms with E-state index in [0.29, 0.717) is 10.1 Å². The van der Waals surface area contributed by atoms with Crippen molar-refractivity contribution in [2.75, 3.05) is 46.3 Å². The molecule has 2 amide bonds. The highest BCUT2D eigenvalue weighted by Gasteiger charge is 2.64. The minimum absolute atomic E-state index is 0.00833. The second kappa shape index (κ2) is 11.3. The maximum atomic E-state index is 15.2. The lowest BCUT2D eigenvalue weighted by atomic mass is 9.81. The van der Waals surface area contributed by atoms with Gasteiger partial charge in [0.1, 0.15) is 22.1 Å². The van der Waals surface area contributed by atoms with Crippen LogP contribution in [0.1, 0.15) is 17.5 Å². The first-order valence-electron chi connectivity index (χ1n) is 13.2. The number of methoxy groups -OCH3 is 3. The van der Waals surface area contributed by atoms with Crippen LogP contribution in [0.15, 0.2) is 59.8 Å². The molecule has 43 heavy (non-hydrogen) atoms. The maximum Gasteiger partial charge on any atom is 0.274 e. The van der Waals surface area contributed by atoms with Gasteiger partial charge in [-0.2, -0.15) is 0 Å². The van der Waals surface area contributed by atoms with Gasteiger partial charge in [0.15, 0.2) is 5.54 Å². The number of aliphatic hydroxyl groups excluding tert-OH is 1. The van der Waals surface area contributed by atoms with Crippen LogP contribution in [-0.2, 0) is 25.2 Å². The second-order valence-corrected chi connectivity index (χ2v) is 12.5. The average molecular weight is 631 g/mol. The second-order valence-electron chi connectivity index (χ2n) is 10.3. The fourth-order valence-electron chi connectivity index (χ4n) is 5.92. The summed E-state index contributed by atoms with van der Waals surface area (Å²) in [6.45, 7) is -0.132. The van der Waals surface area contributed by atoms with Gasteiger partial charge < -0.3 is 24.2 Å². The Bertz CT molecular complexity index is 1700. The lowest BCUT2D eigenvalue weighted by Gasteiger charge is -2.41. The van der Waals surface area contributed by atoms with Crippen molar-refractivity contribution in [2.24, 2.45) is 0 Å². The van der Waals surface area contributed by atoms with Crippen molar-refractivity contribution in [2.45, 2.75) is 29.0 Å². The molecule has 2 aliphatic heterocycles. The Hall–Kier alpha value is -3.91. The number of nitrogens with zero attached hydrogens (tertiary/aromatic N) is 4. The zero-order valence-electron chi connectivity index (χ0n) is 24.1. The van der Waals surface area contributed by atoms with E-state index in [1.807, 2.05) is 0 Å². The summed E-state index contributed by atoms with van der Waals surface area (Å²) in [7, 11) is 2.61. The molecule has 0 aliphatic carbocycles. The number of aromatic nitrogens is 1. The number of hydrogen-bond donors (Lipinski definition) is 1. The topological polar surface area (TPSA) is 139 Å². The van der Waals surface area contributed by atoms with Crippen molar-refractivity contribution in [3.05, 3.63) is 71.0 Å². The van der Waals surface area contributed by atoms with E-state index in [2.05, 4.69) is 4.98 Å². The molecule has 0 saturated carbocycles. The van der Waals surface area contributed by atoms with E-state index in [-0.39, 0.29) is 57.1 Å². The highest BCUT2D eigenvalue weighted by molar-refractivity contribution is 7.93. The van der Waals surface area contributed by atoms with Crippen LogP contribution in [0.5, 0.6) is 17.2 Å². The van der Waals surface area contributed by atoms with Crippen molar-refractivity contribution in [3.63, 3.8) is 0 Å². The first kappa shape index (κ1) is 30.5. The fraction of sp³-hybridized carbons (Fsp3) is 0.345. The summed E-state index contributed by atoms with van der Waals surface area (Å²) in [6.07, 6.45) is 1.85. The molecule has 3 heterocycles. The lowest BCUT2D eigenvalue weighted by Crippen LogP contribution is -2.59. The number of likely N-dealkylation sites (N-methyl/N-ethyl adjacent to an activating group) is 1. The predicted octanol–water partition coefficient (Wildman–Crippen LogP) is 2.26. The van der Waals surface area contributed by atoms with Crippen LogP contribution in [0.4, 0.5) is 5.69 Å². The Balaban J connectivity index is 1.86. The zero-order chi connectivity index (χ0) is 31.3. The summed E-state index contributed by atoms with van der Waals surface area (Å²) < 4.78 is 46.0. The Morgan fingerprint density at radius 3 is 2.42 bits per heavy atom. The molecule has 0 spiro atoms. The molecule has 0 bridgehead atoms. The Labute approximate surface area is 254 Å². The molecule has 1 unspecified atom stereocenters. The van der Waals surface area contributed by atoms with Crippen LogP contribution < -0.4 is 18.5 Å². The largest absolute Gasteiger partial charge is 0.497 e. The Kier molecular flexibility index (Phi) is 8.03. The molecule has 1 saturated heterocycles. The number of fused-ring (bicyclic) bond motifs is 1. The molecule has 3 atom stereocenters. The summed E-state index contributed by atoms with van der Waals surface area (Å²) in [4.78, 5) is 35.4. The number of halogens is 1. The highest BCUT2D eigenvalue weighted by atomic mass is 35.5. The molecule has 1 aromatic heterocycles. The third-order valence-electron chi connectivity index (χ3n) is 7.78. The van der Waals surface area contributed by atoms with E-state index >= 15 is 4.79 Å². The first-order chi connectivity index (χ1) is 20.4. The number of anilines is 1. The number of ether oxygens (including phenoxy) is 3. The molecule has 1 fully saturated rings. The summed E-state index contributed by atoms with van der Waals surface area (Å²) in [5, 5.41) is 11.1. The molecular formula is C29H31ClN4O8S. The van der Waals surface area contributed by atoms with E-state index in [4.69, 9.17) is 25.8 Å². The van der Waals surface area contributed by atoms with Gasteiger partial charge in [-0.1, -0.05) is 11.6 Å². The van der Waals surface area contributed by atoms with E-state index in [0.717, 1.165) is 0 Å². The monoisotopic (exact) mass is 630 g/mol. The van der Waals surface area contributed by atoms with Crippen LogP contribution in [0.3, 0.4) is 0 Å². The summed E-state index contributed by atoms with van der Waals surface area (Å²) in [5.41, 5.74) is -1.54. The van der Waals surface area contributed by atoms with Crippen molar-refractivity contribution < 1.29 is 37.3 Å². The van der Waals surface area contributed by atoms with E-state index in [1.165, 1.54) is 86.0 Å². The van der Waals surface area contributed by atoms with Gasteiger partial charge >= 0.3 is 0 Å². The number of β-amino-alcohol motifs (C(OH)–C–C–N with tert-alkyl or cyclic N) is 1. The molecule has 1 N–H and O–H groups in total. The van der Waals surface area contributed by atoms with Crippen LogP contribution in [0.2, 0.25) is 5.02 Å². The standard InChI is InChI=1S/C29H31ClN4O8S/c1-32(2)27(36)23-13-18(35)16-33(23)29(20-10-11-31-15-25(20)42-5)21-12-17(30)6-8-22(21)34(28(29)37)43(38,39)26-9-7-19(40-3)14-24(26)41-4/h6-12,14-15,18,23,35H,13,16H2,1-5H3/t18-,23+,29?/m1/s1. The first-order valence-corrected chi connectivity index (χ1v) is 15.0. The van der Waals surface area contributed by atoms with Gasteiger partial charge in [-0.3, -0.25) is 19.5 Å². The number of rotatable bonds is 8. The normalized spacial score (nSPS) is 21.9. The third-order valence-corrected chi connectivity index (χ3v) is 9.75. The van der Waals surface area contributed by atoms with Gasteiger partial charge in [0.2, 0.25) is 5.91 Å². The van der Waals surface area contributed by atoms with Crippen LogP contribution >= 0.6 is 11.6 Å². The zero-order valence-corrected chi connectivity index (χ0v) is 25.7. The molecule has 2 aromatic carbocycles. The van der Waals surface area contributed by atoms with Crippen molar-refractivity contribution in [3.8, 4) is 17.2 Å². The molecule has 3 aromatic rings. The minimum Gasteiger partial charge on any atom is -0.497 e. The van der Waals surface area contributed by atoms with Gasteiger partial charge in [0, 0.05) is 49.1 Å². The van der Waals surface area contributed by atoms with Crippen LogP contribution in [-0.4, -0.2) is 94.2 Å². The SMILES string of the molecule is COc1ccc(S(=O)(=O)N2C(=O)C(c3ccncc3OC)(N3C[C@H](O)C[C@H]3C(=O)N(C)C)c3cc(Cl)ccc32)c(OC)c1. The van der Waals surface area contributed by atoms with Crippen molar-refractivity contribution in [1.82, 2.24) is 14.8 Å². The molecule has 12 nitrogen and oxygen atoms in total. The van der Waals surface area contributed by atoms with E-state index in [9.17, 15) is 18.3 Å². The maximum absolute atomic E-state index is 15.2. The number of pyridine rings is 1. The Morgan fingerprint density at radius 1 is 1.05 bits per heavy atom. The van der Waals surface area contributed by atoms with Gasteiger partial charge in [-0.05, 0) is 42.8 Å². The number of carbonyl (C=O) groups excluding carboxylic acids is 2. The van der Waals surface area contributed by atoms with Gasteiger partial charge in [-0.25, -0.2) is 12.7 Å². The quantitative estimate of drug-likeness (QED) is 0.394. The van der Waals surface area contributed by atoms with Crippen LogP contribution in [0.25, 0.3) is 0 Å². The number of benzene rings is 2. The molecule has 228 valence electrons. The molecular weight excluding hydrogens is 600 g/mol. The van der Waals surface area contributed by atoms with Gasteiger partial charge in [-0.15, -0.1) is 0 Å². The molecule has 5 rings (SSSR count). The molecule has 2 aliphatic rings. The minimum atomic E-state index is -4.66. The molecule has 14 heteroatoms. The summed E-state index contributed by atoms with van der Waals surface area (Å²) >= 11 is 6.50. The number of sulfonamides is 1. The number of hydrogen-bond acceptors (Lipinski definition) is 10. The van der Waals surface area contributed by atoms with Crippen molar-refractivity contribution in [1.29, 1.82) is 0 Å². The van der Waals surface area contributed by atoms with Gasteiger partial charge in [0.25, 0.3) is 15.9 Å². The van der Waals surface area contributed by atoms with E-state index < -0.39 is 33.6 Å². The number of aliphatic hydroxyl groups is 1. The average Bonchev–Trinajstić information content (AvgIpc) is 3.50. The number of likely N-dealkylation sites (tertiary alicyclic amines) is 1. The summed E-state index contributed by atoms with van der Waals surface area (Å²) in [6, 6.07) is 9.08. The third kappa shape index (κ3) is 4.67. The highest BCUT2D eigenvalue weighted by Crippen LogP contribution is 2.55. The smallest absolute Gasteiger partial charge is 0.274 e. The van der Waals surface area contributed by atoms with Crippen molar-refractivity contribution >= 4 is 39.1 Å².